The van der Waals surface area contributed by atoms with Gasteiger partial charge in [-0.1, -0.05) is 24.3 Å². The van der Waals surface area contributed by atoms with Gasteiger partial charge in [-0.15, -0.1) is 0 Å². The van der Waals surface area contributed by atoms with Crippen LogP contribution in [0.4, 0.5) is 8.78 Å². The maximum absolute atomic E-state index is 12.9. The molecular weight excluding hydrogens is 248 g/mol. The molecule has 4 heteroatoms. The number of hydrogen-bond donors (Lipinski definition) is 1. The summed E-state index contributed by atoms with van der Waals surface area (Å²) >= 11 is 0. The summed E-state index contributed by atoms with van der Waals surface area (Å²) in [4.78, 5) is 11.0. The fourth-order valence-corrected chi connectivity index (χ4v) is 2.06. The number of aldehydes is 1. The van der Waals surface area contributed by atoms with Crippen LogP contribution in [0, 0.1) is 11.6 Å². The molecule has 0 radical (unpaired) electrons. The van der Waals surface area contributed by atoms with Crippen LogP contribution >= 0.6 is 0 Å². The first-order chi connectivity index (χ1) is 9.11. The van der Waals surface area contributed by atoms with Crippen molar-refractivity contribution in [1.82, 2.24) is 0 Å². The lowest BCUT2D eigenvalue weighted by molar-refractivity contribution is -0.109. The van der Waals surface area contributed by atoms with Gasteiger partial charge < -0.3 is 10.5 Å². The third kappa shape index (κ3) is 3.03. The normalized spacial score (nSPS) is 12.4. The summed E-state index contributed by atoms with van der Waals surface area (Å²) in [5, 5.41) is 0. The minimum absolute atomic E-state index is 0.360. The van der Waals surface area contributed by atoms with Crippen LogP contribution in [0.3, 0.4) is 0 Å². The van der Waals surface area contributed by atoms with E-state index in [0.717, 1.165) is 0 Å². The molecule has 2 N–H and O–H groups in total. The largest absolute Gasteiger partial charge is 0.321 e. The SMILES string of the molecule is N[C@H](C=O)C(c1ccc(F)cc1)c1ccc(F)cc1. The standard InChI is InChI=1S/C15H13F2NO/c16-12-5-1-10(2-6-12)15(14(18)9-19)11-3-7-13(17)8-4-11/h1-9,14-15H,18H2/t14-/m1/s1. The number of rotatable bonds is 4. The maximum atomic E-state index is 12.9. The first-order valence-corrected chi connectivity index (χ1v) is 5.83. The van der Waals surface area contributed by atoms with E-state index in [1.54, 1.807) is 24.3 Å². The second-order valence-corrected chi connectivity index (χ2v) is 4.29. The highest BCUT2D eigenvalue weighted by atomic mass is 19.1. The van der Waals surface area contributed by atoms with Crippen molar-refractivity contribution < 1.29 is 13.6 Å². The molecule has 2 rings (SSSR count). The van der Waals surface area contributed by atoms with Crippen LogP contribution < -0.4 is 5.73 Å². The van der Waals surface area contributed by atoms with Gasteiger partial charge in [0.05, 0.1) is 6.04 Å². The molecule has 2 nitrogen and oxygen atoms in total. The molecule has 2 aromatic carbocycles. The minimum Gasteiger partial charge on any atom is -0.321 e. The Labute approximate surface area is 109 Å². The molecule has 19 heavy (non-hydrogen) atoms. The van der Waals surface area contributed by atoms with Gasteiger partial charge in [0, 0.05) is 5.92 Å². The summed E-state index contributed by atoms with van der Waals surface area (Å²) in [7, 11) is 0. The van der Waals surface area contributed by atoms with E-state index in [4.69, 9.17) is 5.73 Å². The predicted molar refractivity (Wildman–Crippen MR) is 68.7 cm³/mol. The second-order valence-electron chi connectivity index (χ2n) is 4.29. The summed E-state index contributed by atoms with van der Waals surface area (Å²) in [6.07, 6.45) is 0.636. The van der Waals surface area contributed by atoms with E-state index >= 15 is 0 Å². The number of hydrogen-bond acceptors (Lipinski definition) is 2. The van der Waals surface area contributed by atoms with Crippen molar-refractivity contribution >= 4 is 6.29 Å². The van der Waals surface area contributed by atoms with Crippen molar-refractivity contribution in [2.75, 3.05) is 0 Å². The van der Waals surface area contributed by atoms with E-state index in [-0.39, 0.29) is 11.6 Å². The number of carbonyl (C=O) groups is 1. The Bertz CT molecular complexity index is 506. The van der Waals surface area contributed by atoms with Gasteiger partial charge >= 0.3 is 0 Å². The molecule has 0 heterocycles. The molecule has 0 bridgehead atoms. The van der Waals surface area contributed by atoms with Crippen molar-refractivity contribution in [3.8, 4) is 0 Å². The zero-order valence-electron chi connectivity index (χ0n) is 10.1. The van der Waals surface area contributed by atoms with Crippen molar-refractivity contribution in [3.05, 3.63) is 71.3 Å². The molecule has 0 saturated heterocycles. The third-order valence-electron chi connectivity index (χ3n) is 3.00. The number of halogens is 2. The number of benzene rings is 2. The fourth-order valence-electron chi connectivity index (χ4n) is 2.06. The van der Waals surface area contributed by atoms with Gasteiger partial charge in [-0.3, -0.25) is 0 Å². The molecule has 2 aromatic rings. The van der Waals surface area contributed by atoms with E-state index in [1.807, 2.05) is 0 Å². The summed E-state index contributed by atoms with van der Waals surface area (Å²) in [6.45, 7) is 0. The smallest absolute Gasteiger partial charge is 0.137 e. The fraction of sp³-hybridized carbons (Fsp3) is 0.133. The van der Waals surface area contributed by atoms with Crippen LogP contribution in [-0.4, -0.2) is 12.3 Å². The monoisotopic (exact) mass is 261 g/mol. The lowest BCUT2D eigenvalue weighted by atomic mass is 9.86. The lowest BCUT2D eigenvalue weighted by Gasteiger charge is -2.21. The highest BCUT2D eigenvalue weighted by Gasteiger charge is 2.21. The maximum Gasteiger partial charge on any atom is 0.137 e. The number of nitrogens with two attached hydrogens (primary N) is 1. The van der Waals surface area contributed by atoms with Gasteiger partial charge in [-0.05, 0) is 35.4 Å². The number of carbonyl (C=O) groups excluding carboxylic acids is 1. The average molecular weight is 261 g/mol. The molecular formula is C15H13F2NO. The lowest BCUT2D eigenvalue weighted by Crippen LogP contribution is -2.30. The van der Waals surface area contributed by atoms with Crippen LogP contribution in [0.5, 0.6) is 0 Å². The first-order valence-electron chi connectivity index (χ1n) is 5.83. The van der Waals surface area contributed by atoms with E-state index in [2.05, 4.69) is 0 Å². The quantitative estimate of drug-likeness (QED) is 0.860. The van der Waals surface area contributed by atoms with Crippen LogP contribution in [0.1, 0.15) is 17.0 Å². The van der Waals surface area contributed by atoms with Crippen LogP contribution in [0.25, 0.3) is 0 Å². The molecule has 0 aliphatic heterocycles. The highest BCUT2D eigenvalue weighted by Crippen LogP contribution is 2.27. The van der Waals surface area contributed by atoms with E-state index in [1.165, 1.54) is 24.3 Å². The molecule has 0 fully saturated rings. The highest BCUT2D eigenvalue weighted by molar-refractivity contribution is 5.61. The Morgan fingerprint density at radius 2 is 1.21 bits per heavy atom. The van der Waals surface area contributed by atoms with Gasteiger partial charge in [0.15, 0.2) is 0 Å². The van der Waals surface area contributed by atoms with E-state index < -0.39 is 12.0 Å². The zero-order chi connectivity index (χ0) is 13.8. The molecule has 0 amide bonds. The van der Waals surface area contributed by atoms with Crippen LogP contribution in [0.2, 0.25) is 0 Å². The molecule has 1 atom stereocenters. The minimum atomic E-state index is -0.768. The third-order valence-corrected chi connectivity index (χ3v) is 3.00. The Morgan fingerprint density at radius 3 is 1.53 bits per heavy atom. The predicted octanol–water partition coefficient (Wildman–Crippen LogP) is 2.62. The average Bonchev–Trinajstić information content (AvgIpc) is 2.43. The topological polar surface area (TPSA) is 43.1 Å². The van der Waals surface area contributed by atoms with Gasteiger partial charge in [-0.2, -0.15) is 0 Å². The zero-order valence-corrected chi connectivity index (χ0v) is 10.1. The summed E-state index contributed by atoms with van der Waals surface area (Å²) < 4.78 is 25.9. The molecule has 0 saturated carbocycles. The van der Waals surface area contributed by atoms with Crippen LogP contribution in [0.15, 0.2) is 48.5 Å². The molecule has 0 aliphatic rings. The van der Waals surface area contributed by atoms with Gasteiger partial charge in [0.25, 0.3) is 0 Å². The van der Waals surface area contributed by atoms with Gasteiger partial charge in [-0.25, -0.2) is 8.78 Å². The molecule has 98 valence electrons. The Kier molecular flexibility index (Phi) is 4.02. The summed E-state index contributed by atoms with van der Waals surface area (Å²) in [5.74, 6) is -1.14. The molecule has 0 unspecified atom stereocenters. The van der Waals surface area contributed by atoms with E-state index in [9.17, 15) is 13.6 Å². The van der Waals surface area contributed by atoms with Crippen molar-refractivity contribution in [2.24, 2.45) is 5.73 Å². The Morgan fingerprint density at radius 1 is 0.842 bits per heavy atom. The van der Waals surface area contributed by atoms with Crippen molar-refractivity contribution in [2.45, 2.75) is 12.0 Å². The van der Waals surface area contributed by atoms with Gasteiger partial charge in [0.2, 0.25) is 0 Å². The van der Waals surface area contributed by atoms with Crippen LogP contribution in [-0.2, 0) is 4.79 Å². The molecule has 0 spiro atoms. The first kappa shape index (κ1) is 13.4. The van der Waals surface area contributed by atoms with Crippen molar-refractivity contribution in [3.63, 3.8) is 0 Å². The van der Waals surface area contributed by atoms with Crippen molar-refractivity contribution in [1.29, 1.82) is 0 Å². The van der Waals surface area contributed by atoms with E-state index in [0.29, 0.717) is 17.4 Å². The summed E-state index contributed by atoms with van der Waals surface area (Å²) in [5.41, 5.74) is 7.23. The van der Waals surface area contributed by atoms with Gasteiger partial charge in [0.1, 0.15) is 17.9 Å². The Balaban J connectivity index is 2.43. The second kappa shape index (κ2) is 5.71. The molecule has 0 aromatic heterocycles. The summed E-state index contributed by atoms with van der Waals surface area (Å²) in [6, 6.07) is 10.8. The Hall–Kier alpha value is -2.07. The molecule has 0 aliphatic carbocycles.